The lowest BCUT2D eigenvalue weighted by Crippen LogP contribution is -2.50. The minimum Gasteiger partial charge on any atom is -0.508 e. The van der Waals surface area contributed by atoms with Crippen molar-refractivity contribution >= 4 is 5.91 Å². The number of benzene rings is 1. The first kappa shape index (κ1) is 15.8. The average Bonchev–Trinajstić information content (AvgIpc) is 2.49. The summed E-state index contributed by atoms with van der Waals surface area (Å²) in [5, 5.41) is 9.26. The van der Waals surface area contributed by atoms with Gasteiger partial charge < -0.3 is 20.6 Å². The highest BCUT2D eigenvalue weighted by Crippen LogP contribution is 2.16. The standard InChI is InChI=1S/C16H25N3O2/c1-18(2)13-7-9-19(10-8-13)16(21)15(17)11-12-3-5-14(20)6-4-12/h3-6,13,15,20H,7-11,17H2,1-2H3/t15-/m1/s1. The average molecular weight is 291 g/mol. The van der Waals surface area contributed by atoms with Crippen LogP contribution < -0.4 is 5.73 Å². The molecule has 0 radical (unpaired) electrons. The third-order valence-electron chi connectivity index (χ3n) is 4.22. The van der Waals surface area contributed by atoms with Gasteiger partial charge in [-0.15, -0.1) is 0 Å². The zero-order chi connectivity index (χ0) is 15.4. The van der Waals surface area contributed by atoms with Crippen molar-refractivity contribution in [1.29, 1.82) is 0 Å². The molecule has 1 atom stereocenters. The van der Waals surface area contributed by atoms with Crippen LogP contribution in [0.25, 0.3) is 0 Å². The normalized spacial score (nSPS) is 18.0. The maximum Gasteiger partial charge on any atom is 0.239 e. The van der Waals surface area contributed by atoms with Crippen molar-refractivity contribution in [3.63, 3.8) is 0 Å². The number of piperidine rings is 1. The van der Waals surface area contributed by atoms with E-state index in [0.717, 1.165) is 31.5 Å². The molecule has 0 unspecified atom stereocenters. The van der Waals surface area contributed by atoms with Gasteiger partial charge in [0.1, 0.15) is 5.75 Å². The smallest absolute Gasteiger partial charge is 0.239 e. The highest BCUT2D eigenvalue weighted by Gasteiger charge is 2.27. The number of nitrogens with zero attached hydrogens (tertiary/aromatic N) is 2. The summed E-state index contributed by atoms with van der Waals surface area (Å²) in [5.74, 6) is 0.254. The van der Waals surface area contributed by atoms with Gasteiger partial charge in [0.25, 0.3) is 0 Å². The Morgan fingerprint density at radius 2 is 1.90 bits per heavy atom. The van der Waals surface area contributed by atoms with Crippen LogP contribution in [0.15, 0.2) is 24.3 Å². The number of amides is 1. The number of nitrogens with two attached hydrogens (primary N) is 1. The molecular weight excluding hydrogens is 266 g/mol. The van der Waals surface area contributed by atoms with Gasteiger partial charge in [0, 0.05) is 19.1 Å². The predicted octanol–water partition coefficient (Wildman–Crippen LogP) is 0.815. The molecule has 0 bridgehead atoms. The Morgan fingerprint density at radius 3 is 2.43 bits per heavy atom. The quantitative estimate of drug-likeness (QED) is 0.861. The maximum absolute atomic E-state index is 12.4. The number of aromatic hydroxyl groups is 1. The number of phenols is 1. The molecule has 21 heavy (non-hydrogen) atoms. The Morgan fingerprint density at radius 1 is 1.33 bits per heavy atom. The summed E-state index contributed by atoms with van der Waals surface area (Å²) in [6.07, 6.45) is 2.52. The van der Waals surface area contributed by atoms with Crippen molar-refractivity contribution in [2.45, 2.75) is 31.3 Å². The molecule has 1 aliphatic heterocycles. The summed E-state index contributed by atoms with van der Waals surface area (Å²) < 4.78 is 0. The van der Waals surface area contributed by atoms with Crippen LogP contribution in [0.4, 0.5) is 0 Å². The van der Waals surface area contributed by atoms with Crippen LogP contribution in [0.3, 0.4) is 0 Å². The van der Waals surface area contributed by atoms with Gasteiger partial charge in [0.2, 0.25) is 5.91 Å². The lowest BCUT2D eigenvalue weighted by atomic mass is 10.0. The lowest BCUT2D eigenvalue weighted by Gasteiger charge is -2.36. The highest BCUT2D eigenvalue weighted by molar-refractivity contribution is 5.82. The summed E-state index contributed by atoms with van der Waals surface area (Å²) in [6.45, 7) is 1.57. The molecule has 3 N–H and O–H groups in total. The topological polar surface area (TPSA) is 69.8 Å². The second kappa shape index (κ2) is 6.91. The molecule has 0 spiro atoms. The molecule has 1 amide bonds. The van der Waals surface area contributed by atoms with Gasteiger partial charge in [-0.25, -0.2) is 0 Å². The van der Waals surface area contributed by atoms with Gasteiger partial charge in [0.15, 0.2) is 0 Å². The van der Waals surface area contributed by atoms with Gasteiger partial charge in [-0.05, 0) is 51.1 Å². The number of carbonyl (C=O) groups excluding carboxylic acids is 1. The third-order valence-corrected chi connectivity index (χ3v) is 4.22. The van der Waals surface area contributed by atoms with Crippen molar-refractivity contribution < 1.29 is 9.90 Å². The monoisotopic (exact) mass is 291 g/mol. The number of hydrogen-bond donors (Lipinski definition) is 2. The molecule has 1 aliphatic rings. The molecule has 1 heterocycles. The Kier molecular flexibility index (Phi) is 5.20. The van der Waals surface area contributed by atoms with E-state index in [1.807, 2.05) is 4.90 Å². The van der Waals surface area contributed by atoms with Crippen LogP contribution in [-0.4, -0.2) is 60.1 Å². The molecule has 5 nitrogen and oxygen atoms in total. The van der Waals surface area contributed by atoms with Crippen LogP contribution in [0, 0.1) is 0 Å². The summed E-state index contributed by atoms with van der Waals surface area (Å²) in [6, 6.07) is 6.90. The molecule has 0 saturated carbocycles. The fourth-order valence-electron chi connectivity index (χ4n) is 2.81. The molecule has 0 aliphatic carbocycles. The first-order valence-corrected chi connectivity index (χ1v) is 7.46. The van der Waals surface area contributed by atoms with Crippen LogP contribution in [0.1, 0.15) is 18.4 Å². The zero-order valence-corrected chi connectivity index (χ0v) is 12.8. The Labute approximate surface area is 126 Å². The Hall–Kier alpha value is -1.59. The molecule has 5 heteroatoms. The van der Waals surface area contributed by atoms with E-state index < -0.39 is 6.04 Å². The Bertz CT molecular complexity index is 465. The third kappa shape index (κ3) is 4.19. The fourth-order valence-corrected chi connectivity index (χ4v) is 2.81. The van der Waals surface area contributed by atoms with E-state index in [4.69, 9.17) is 5.73 Å². The summed E-state index contributed by atoms with van der Waals surface area (Å²) in [5.41, 5.74) is 7.02. The number of hydrogen-bond acceptors (Lipinski definition) is 4. The second-order valence-electron chi connectivity index (χ2n) is 6.00. The van der Waals surface area contributed by atoms with Crippen molar-refractivity contribution in [3.05, 3.63) is 29.8 Å². The van der Waals surface area contributed by atoms with Gasteiger partial charge in [-0.3, -0.25) is 4.79 Å². The Balaban J connectivity index is 1.87. The minimum absolute atomic E-state index is 0.0280. The van der Waals surface area contributed by atoms with Crippen molar-refractivity contribution in [1.82, 2.24) is 9.80 Å². The molecule has 1 aromatic carbocycles. The van der Waals surface area contributed by atoms with Crippen molar-refractivity contribution in [2.75, 3.05) is 27.2 Å². The second-order valence-corrected chi connectivity index (χ2v) is 6.00. The molecule has 0 aromatic heterocycles. The van der Waals surface area contributed by atoms with Crippen LogP contribution in [0.2, 0.25) is 0 Å². The number of likely N-dealkylation sites (tertiary alicyclic amines) is 1. The van der Waals surface area contributed by atoms with E-state index in [1.54, 1.807) is 24.3 Å². The number of phenolic OH excluding ortho intramolecular Hbond substituents is 1. The van der Waals surface area contributed by atoms with Gasteiger partial charge in [-0.2, -0.15) is 0 Å². The first-order valence-electron chi connectivity index (χ1n) is 7.46. The van der Waals surface area contributed by atoms with E-state index in [-0.39, 0.29) is 11.7 Å². The van der Waals surface area contributed by atoms with Gasteiger partial charge in [-0.1, -0.05) is 12.1 Å². The molecule has 1 fully saturated rings. The number of carbonyl (C=O) groups is 1. The van der Waals surface area contributed by atoms with E-state index >= 15 is 0 Å². The summed E-state index contributed by atoms with van der Waals surface area (Å²) in [4.78, 5) is 16.5. The zero-order valence-electron chi connectivity index (χ0n) is 12.8. The number of rotatable bonds is 4. The molecular formula is C16H25N3O2. The van der Waals surface area contributed by atoms with Crippen molar-refractivity contribution in [3.8, 4) is 5.75 Å². The minimum atomic E-state index is -0.509. The molecule has 1 aromatic rings. The van der Waals surface area contributed by atoms with Crippen LogP contribution in [0.5, 0.6) is 5.75 Å². The lowest BCUT2D eigenvalue weighted by molar-refractivity contribution is -0.134. The summed E-state index contributed by atoms with van der Waals surface area (Å²) >= 11 is 0. The highest BCUT2D eigenvalue weighted by atomic mass is 16.3. The maximum atomic E-state index is 12.4. The molecule has 116 valence electrons. The van der Waals surface area contributed by atoms with E-state index in [1.165, 1.54) is 0 Å². The summed E-state index contributed by atoms with van der Waals surface area (Å²) in [7, 11) is 4.16. The van der Waals surface area contributed by atoms with Gasteiger partial charge in [0.05, 0.1) is 6.04 Å². The first-order chi connectivity index (χ1) is 9.97. The van der Waals surface area contributed by atoms with Crippen molar-refractivity contribution in [2.24, 2.45) is 5.73 Å². The van der Waals surface area contributed by atoms with Crippen LogP contribution in [-0.2, 0) is 11.2 Å². The largest absolute Gasteiger partial charge is 0.508 e. The fraction of sp³-hybridized carbons (Fsp3) is 0.562. The molecule has 2 rings (SSSR count). The SMILES string of the molecule is CN(C)C1CCN(C(=O)[C@H](N)Cc2ccc(O)cc2)CC1. The van der Waals surface area contributed by atoms with Gasteiger partial charge >= 0.3 is 0 Å². The van der Waals surface area contributed by atoms with E-state index in [0.29, 0.717) is 12.5 Å². The van der Waals surface area contributed by atoms with E-state index in [9.17, 15) is 9.90 Å². The molecule has 1 saturated heterocycles. The van der Waals surface area contributed by atoms with E-state index in [2.05, 4.69) is 19.0 Å². The predicted molar refractivity (Wildman–Crippen MR) is 83.1 cm³/mol. The van der Waals surface area contributed by atoms with Crippen LogP contribution >= 0.6 is 0 Å².